The molecule has 0 saturated carbocycles. The number of nitrogens with one attached hydrogen (secondary N) is 1. The Hall–Kier alpha value is -0.900. The van der Waals surface area contributed by atoms with Crippen molar-refractivity contribution < 1.29 is 4.39 Å². The molecule has 2 aromatic rings. The number of hydrogen-bond acceptors (Lipinski definition) is 1. The molecule has 19 heavy (non-hydrogen) atoms. The average molecular weight is 343 g/mol. The van der Waals surface area contributed by atoms with Crippen molar-refractivity contribution in [1.29, 1.82) is 0 Å². The summed E-state index contributed by atoms with van der Waals surface area (Å²) in [5.41, 5.74) is 3.15. The number of halogens is 3. The SMILES string of the molecule is CNC(c1cc(C)cc(Cl)c1)c1ccc(F)c(Br)c1. The summed E-state index contributed by atoms with van der Waals surface area (Å²) in [6.45, 7) is 2.00. The molecule has 0 amide bonds. The summed E-state index contributed by atoms with van der Waals surface area (Å²) in [5, 5.41) is 3.94. The Bertz CT molecular complexity index is 580. The maximum Gasteiger partial charge on any atom is 0.137 e. The average Bonchev–Trinajstić information content (AvgIpc) is 2.33. The zero-order valence-electron chi connectivity index (χ0n) is 10.7. The Balaban J connectivity index is 2.46. The fourth-order valence-electron chi connectivity index (χ4n) is 2.15. The predicted molar refractivity (Wildman–Crippen MR) is 81.2 cm³/mol. The standard InChI is InChI=1S/C15H14BrClFN/c1-9-5-11(7-12(17)6-9)15(19-2)10-3-4-14(18)13(16)8-10/h3-8,15,19H,1-2H3. The first-order chi connectivity index (χ1) is 9.01. The monoisotopic (exact) mass is 341 g/mol. The zero-order valence-corrected chi connectivity index (χ0v) is 13.0. The molecule has 0 heterocycles. The van der Waals surface area contributed by atoms with Crippen LogP contribution in [0.15, 0.2) is 40.9 Å². The molecule has 0 aliphatic rings. The highest BCUT2D eigenvalue weighted by molar-refractivity contribution is 9.10. The van der Waals surface area contributed by atoms with Crippen molar-refractivity contribution in [2.24, 2.45) is 0 Å². The van der Waals surface area contributed by atoms with Crippen LogP contribution in [0.5, 0.6) is 0 Å². The largest absolute Gasteiger partial charge is 0.309 e. The Morgan fingerprint density at radius 2 is 1.89 bits per heavy atom. The second-order valence-electron chi connectivity index (χ2n) is 4.46. The summed E-state index contributed by atoms with van der Waals surface area (Å²) in [6, 6.07) is 10.9. The normalized spacial score (nSPS) is 12.5. The molecular weight excluding hydrogens is 329 g/mol. The van der Waals surface area contributed by atoms with Crippen LogP contribution in [0.3, 0.4) is 0 Å². The minimum absolute atomic E-state index is 0.0192. The van der Waals surface area contributed by atoms with Crippen LogP contribution in [0.25, 0.3) is 0 Å². The van der Waals surface area contributed by atoms with E-state index < -0.39 is 0 Å². The van der Waals surface area contributed by atoms with E-state index >= 15 is 0 Å². The van der Waals surface area contributed by atoms with E-state index in [9.17, 15) is 4.39 Å². The minimum atomic E-state index is -0.263. The van der Waals surface area contributed by atoms with Crippen LogP contribution < -0.4 is 5.32 Å². The van der Waals surface area contributed by atoms with Gasteiger partial charge in [-0.3, -0.25) is 0 Å². The maximum absolute atomic E-state index is 13.3. The molecule has 0 radical (unpaired) electrons. The Morgan fingerprint density at radius 3 is 2.47 bits per heavy atom. The van der Waals surface area contributed by atoms with E-state index in [0.717, 1.165) is 16.7 Å². The fourth-order valence-corrected chi connectivity index (χ4v) is 2.84. The van der Waals surface area contributed by atoms with Crippen molar-refractivity contribution in [3.8, 4) is 0 Å². The zero-order chi connectivity index (χ0) is 14.0. The van der Waals surface area contributed by atoms with Crippen molar-refractivity contribution in [3.63, 3.8) is 0 Å². The number of hydrogen-bond donors (Lipinski definition) is 1. The third kappa shape index (κ3) is 3.35. The molecule has 4 heteroatoms. The molecule has 1 atom stereocenters. The van der Waals surface area contributed by atoms with Crippen LogP contribution in [0.2, 0.25) is 5.02 Å². The second-order valence-corrected chi connectivity index (χ2v) is 5.75. The lowest BCUT2D eigenvalue weighted by Crippen LogP contribution is -2.17. The van der Waals surface area contributed by atoms with Crippen molar-refractivity contribution in [3.05, 3.63) is 68.4 Å². The first-order valence-corrected chi connectivity index (χ1v) is 7.07. The highest BCUT2D eigenvalue weighted by atomic mass is 79.9. The summed E-state index contributed by atoms with van der Waals surface area (Å²) >= 11 is 9.31. The summed E-state index contributed by atoms with van der Waals surface area (Å²) < 4.78 is 13.8. The predicted octanol–water partition coefficient (Wildman–Crippen LogP) is 4.86. The molecular formula is C15H14BrClFN. The van der Waals surface area contributed by atoms with E-state index in [2.05, 4.69) is 27.3 Å². The third-order valence-corrected chi connectivity index (χ3v) is 3.79. The molecule has 0 aliphatic carbocycles. The Kier molecular flexibility index (Phi) is 4.61. The molecule has 0 aromatic heterocycles. The first kappa shape index (κ1) is 14.5. The molecule has 1 nitrogen and oxygen atoms in total. The van der Waals surface area contributed by atoms with Crippen LogP contribution in [-0.2, 0) is 0 Å². The van der Waals surface area contributed by atoms with Gasteiger partial charge in [0.15, 0.2) is 0 Å². The summed E-state index contributed by atoms with van der Waals surface area (Å²) in [6.07, 6.45) is 0. The molecule has 2 rings (SSSR count). The van der Waals surface area contributed by atoms with Crippen LogP contribution in [0.4, 0.5) is 4.39 Å². The van der Waals surface area contributed by atoms with Crippen LogP contribution >= 0.6 is 27.5 Å². The Labute approximate surface area is 125 Å². The first-order valence-electron chi connectivity index (χ1n) is 5.90. The molecule has 0 spiro atoms. The summed E-state index contributed by atoms with van der Waals surface area (Å²) in [5.74, 6) is -0.263. The topological polar surface area (TPSA) is 12.0 Å². The number of aryl methyl sites for hydroxylation is 1. The van der Waals surface area contributed by atoms with Crippen molar-refractivity contribution in [2.45, 2.75) is 13.0 Å². The highest BCUT2D eigenvalue weighted by Crippen LogP contribution is 2.28. The van der Waals surface area contributed by atoms with Gasteiger partial charge in [0.2, 0.25) is 0 Å². The maximum atomic E-state index is 13.3. The van der Waals surface area contributed by atoms with Gasteiger partial charge in [0, 0.05) is 5.02 Å². The van der Waals surface area contributed by atoms with E-state index in [0.29, 0.717) is 9.50 Å². The lowest BCUT2D eigenvalue weighted by Gasteiger charge is -2.18. The summed E-state index contributed by atoms with van der Waals surface area (Å²) in [4.78, 5) is 0. The lowest BCUT2D eigenvalue weighted by molar-refractivity contribution is 0.616. The molecule has 1 unspecified atom stereocenters. The number of benzene rings is 2. The van der Waals surface area contributed by atoms with E-state index in [1.807, 2.05) is 26.1 Å². The summed E-state index contributed by atoms with van der Waals surface area (Å²) in [7, 11) is 1.87. The fraction of sp³-hybridized carbons (Fsp3) is 0.200. The van der Waals surface area contributed by atoms with Gasteiger partial charge in [0.25, 0.3) is 0 Å². The van der Waals surface area contributed by atoms with Crippen LogP contribution in [0, 0.1) is 12.7 Å². The van der Waals surface area contributed by atoms with Gasteiger partial charge in [-0.05, 0) is 70.9 Å². The molecule has 0 fully saturated rings. The molecule has 0 bridgehead atoms. The third-order valence-electron chi connectivity index (χ3n) is 2.96. The highest BCUT2D eigenvalue weighted by Gasteiger charge is 2.14. The van der Waals surface area contributed by atoms with Crippen molar-refractivity contribution in [1.82, 2.24) is 5.32 Å². The van der Waals surface area contributed by atoms with Crippen LogP contribution in [-0.4, -0.2) is 7.05 Å². The minimum Gasteiger partial charge on any atom is -0.309 e. The van der Waals surface area contributed by atoms with E-state index in [1.54, 1.807) is 12.1 Å². The molecule has 0 aliphatic heterocycles. The van der Waals surface area contributed by atoms with Gasteiger partial charge in [-0.15, -0.1) is 0 Å². The van der Waals surface area contributed by atoms with Crippen molar-refractivity contribution in [2.75, 3.05) is 7.05 Å². The van der Waals surface area contributed by atoms with Gasteiger partial charge in [-0.25, -0.2) is 4.39 Å². The lowest BCUT2D eigenvalue weighted by atomic mass is 9.97. The van der Waals surface area contributed by atoms with Gasteiger partial charge >= 0.3 is 0 Å². The molecule has 2 aromatic carbocycles. The van der Waals surface area contributed by atoms with Gasteiger partial charge in [0.1, 0.15) is 5.82 Å². The quantitative estimate of drug-likeness (QED) is 0.840. The van der Waals surface area contributed by atoms with E-state index in [-0.39, 0.29) is 11.9 Å². The van der Waals surface area contributed by atoms with Crippen molar-refractivity contribution >= 4 is 27.5 Å². The smallest absolute Gasteiger partial charge is 0.137 e. The van der Waals surface area contributed by atoms with Gasteiger partial charge in [-0.2, -0.15) is 0 Å². The van der Waals surface area contributed by atoms with Crippen LogP contribution in [0.1, 0.15) is 22.7 Å². The van der Waals surface area contributed by atoms with Gasteiger partial charge in [0.05, 0.1) is 10.5 Å². The molecule has 100 valence electrons. The molecule has 0 saturated heterocycles. The second kappa shape index (κ2) is 6.04. The number of rotatable bonds is 3. The van der Waals surface area contributed by atoms with Gasteiger partial charge in [-0.1, -0.05) is 23.7 Å². The van der Waals surface area contributed by atoms with Gasteiger partial charge < -0.3 is 5.32 Å². The van der Waals surface area contributed by atoms with E-state index in [4.69, 9.17) is 11.6 Å². The molecule has 1 N–H and O–H groups in total. The Morgan fingerprint density at radius 1 is 1.16 bits per heavy atom. The van der Waals surface area contributed by atoms with E-state index in [1.165, 1.54) is 6.07 Å².